The summed E-state index contributed by atoms with van der Waals surface area (Å²) >= 11 is 0. The standard InChI is InChI=1S/C11H21N/c1-11(2,3)12-9-6-4-5-7-10(12)8-9/h9-10H,4-8H2,1-3H3. The van der Waals surface area contributed by atoms with Crippen molar-refractivity contribution in [1.29, 1.82) is 0 Å². The normalized spacial score (nSPS) is 37.2. The van der Waals surface area contributed by atoms with Crippen molar-refractivity contribution in [1.82, 2.24) is 4.90 Å². The molecule has 1 nitrogen and oxygen atoms in total. The topological polar surface area (TPSA) is 3.24 Å². The summed E-state index contributed by atoms with van der Waals surface area (Å²) in [6.45, 7) is 7.08. The van der Waals surface area contributed by atoms with Gasteiger partial charge in [-0.3, -0.25) is 4.90 Å². The maximum Gasteiger partial charge on any atom is 0.0130 e. The highest BCUT2D eigenvalue weighted by atomic mass is 15.3. The largest absolute Gasteiger partial charge is 0.292 e. The Balaban J connectivity index is 2.08. The maximum atomic E-state index is 2.75. The van der Waals surface area contributed by atoms with Crippen LogP contribution in [0.4, 0.5) is 0 Å². The Morgan fingerprint density at radius 2 is 1.50 bits per heavy atom. The van der Waals surface area contributed by atoms with Gasteiger partial charge in [0, 0.05) is 17.6 Å². The predicted molar refractivity (Wildman–Crippen MR) is 52.3 cm³/mol. The van der Waals surface area contributed by atoms with E-state index in [1.165, 1.54) is 32.1 Å². The van der Waals surface area contributed by atoms with Crippen LogP contribution in [0, 0.1) is 0 Å². The number of rotatable bonds is 0. The Bertz CT molecular complexity index is 152. The molecule has 1 heteroatoms. The van der Waals surface area contributed by atoms with Gasteiger partial charge >= 0.3 is 0 Å². The molecule has 2 atom stereocenters. The Labute approximate surface area is 76.1 Å². The minimum atomic E-state index is 0.415. The first-order valence-corrected chi connectivity index (χ1v) is 5.37. The quantitative estimate of drug-likeness (QED) is 0.536. The lowest BCUT2D eigenvalue weighted by Crippen LogP contribution is -2.62. The van der Waals surface area contributed by atoms with Crippen LogP contribution in [-0.2, 0) is 0 Å². The van der Waals surface area contributed by atoms with Crippen molar-refractivity contribution in [2.24, 2.45) is 0 Å². The second-order valence-corrected chi connectivity index (χ2v) is 5.41. The molecule has 1 saturated carbocycles. The van der Waals surface area contributed by atoms with Crippen LogP contribution in [0.25, 0.3) is 0 Å². The van der Waals surface area contributed by atoms with Gasteiger partial charge in [0.25, 0.3) is 0 Å². The Morgan fingerprint density at radius 3 is 1.92 bits per heavy atom. The van der Waals surface area contributed by atoms with Gasteiger partial charge in [0.15, 0.2) is 0 Å². The van der Waals surface area contributed by atoms with Gasteiger partial charge < -0.3 is 0 Å². The molecule has 2 bridgehead atoms. The van der Waals surface area contributed by atoms with Crippen molar-refractivity contribution in [3.05, 3.63) is 0 Å². The second kappa shape index (κ2) is 2.73. The molecule has 3 fully saturated rings. The summed E-state index contributed by atoms with van der Waals surface area (Å²) in [7, 11) is 0. The van der Waals surface area contributed by atoms with Crippen LogP contribution < -0.4 is 0 Å². The third-order valence-corrected chi connectivity index (χ3v) is 3.43. The summed E-state index contributed by atoms with van der Waals surface area (Å²) in [5.41, 5.74) is 0.415. The lowest BCUT2D eigenvalue weighted by Gasteiger charge is -2.55. The molecule has 0 N–H and O–H groups in total. The van der Waals surface area contributed by atoms with Crippen molar-refractivity contribution in [2.45, 2.75) is 70.5 Å². The molecule has 2 aliphatic heterocycles. The zero-order valence-corrected chi connectivity index (χ0v) is 8.64. The summed E-state index contributed by atoms with van der Waals surface area (Å²) < 4.78 is 0. The molecular weight excluding hydrogens is 146 g/mol. The number of hydrogen-bond donors (Lipinski definition) is 0. The zero-order chi connectivity index (χ0) is 8.77. The number of hydrogen-bond acceptors (Lipinski definition) is 1. The van der Waals surface area contributed by atoms with E-state index in [0.717, 1.165) is 12.1 Å². The number of fused-ring (bicyclic) bond motifs is 3. The summed E-state index contributed by atoms with van der Waals surface area (Å²) in [5, 5.41) is 0. The van der Waals surface area contributed by atoms with Gasteiger partial charge in [-0.05, 0) is 40.0 Å². The van der Waals surface area contributed by atoms with Gasteiger partial charge in [0.1, 0.15) is 0 Å². The van der Waals surface area contributed by atoms with Gasteiger partial charge in [-0.2, -0.15) is 0 Å². The van der Waals surface area contributed by atoms with Crippen molar-refractivity contribution < 1.29 is 0 Å². The van der Waals surface area contributed by atoms with Crippen LogP contribution in [-0.4, -0.2) is 22.5 Å². The fourth-order valence-electron chi connectivity index (χ4n) is 3.07. The predicted octanol–water partition coefficient (Wildman–Crippen LogP) is 2.80. The lowest BCUT2D eigenvalue weighted by atomic mass is 9.85. The first kappa shape index (κ1) is 8.55. The molecule has 0 aromatic heterocycles. The molecule has 0 aromatic rings. The van der Waals surface area contributed by atoms with E-state index in [9.17, 15) is 0 Å². The number of nitrogens with zero attached hydrogens (tertiary/aromatic N) is 1. The molecule has 0 amide bonds. The fourth-order valence-corrected chi connectivity index (χ4v) is 3.07. The van der Waals surface area contributed by atoms with Gasteiger partial charge in [-0.1, -0.05) is 12.8 Å². The van der Waals surface area contributed by atoms with Crippen molar-refractivity contribution in [3.8, 4) is 0 Å². The van der Waals surface area contributed by atoms with Crippen LogP contribution in [0.15, 0.2) is 0 Å². The summed E-state index contributed by atoms with van der Waals surface area (Å²) in [4.78, 5) is 2.75. The molecule has 0 radical (unpaired) electrons. The minimum Gasteiger partial charge on any atom is -0.292 e. The summed E-state index contributed by atoms with van der Waals surface area (Å²) in [5.74, 6) is 0. The molecule has 70 valence electrons. The van der Waals surface area contributed by atoms with E-state index >= 15 is 0 Å². The highest BCUT2D eigenvalue weighted by molar-refractivity contribution is 5.00. The average molecular weight is 167 g/mol. The fraction of sp³-hybridized carbons (Fsp3) is 1.00. The van der Waals surface area contributed by atoms with E-state index in [-0.39, 0.29) is 0 Å². The highest BCUT2D eigenvalue weighted by Gasteiger charge is 2.44. The van der Waals surface area contributed by atoms with Crippen molar-refractivity contribution >= 4 is 0 Å². The van der Waals surface area contributed by atoms with Gasteiger partial charge in [0.2, 0.25) is 0 Å². The zero-order valence-electron chi connectivity index (χ0n) is 8.64. The Morgan fingerprint density at radius 1 is 1.00 bits per heavy atom. The molecule has 3 aliphatic rings. The van der Waals surface area contributed by atoms with Crippen molar-refractivity contribution in [3.63, 3.8) is 0 Å². The Kier molecular flexibility index (Phi) is 1.95. The molecular formula is C11H21N. The first-order valence-electron chi connectivity index (χ1n) is 5.37. The SMILES string of the molecule is CC(C)(C)N1C2CCCCC1C2. The van der Waals surface area contributed by atoms with E-state index in [1.807, 2.05) is 0 Å². The van der Waals surface area contributed by atoms with Crippen LogP contribution in [0.5, 0.6) is 0 Å². The van der Waals surface area contributed by atoms with Gasteiger partial charge in [0.05, 0.1) is 0 Å². The van der Waals surface area contributed by atoms with Crippen LogP contribution in [0.2, 0.25) is 0 Å². The van der Waals surface area contributed by atoms with E-state index in [1.54, 1.807) is 0 Å². The van der Waals surface area contributed by atoms with E-state index in [4.69, 9.17) is 0 Å². The average Bonchev–Trinajstić information content (AvgIpc) is 2.11. The summed E-state index contributed by atoms with van der Waals surface area (Å²) in [6, 6.07) is 1.86. The van der Waals surface area contributed by atoms with Gasteiger partial charge in [-0.25, -0.2) is 0 Å². The van der Waals surface area contributed by atoms with Crippen molar-refractivity contribution in [2.75, 3.05) is 0 Å². The minimum absolute atomic E-state index is 0.415. The molecule has 0 spiro atoms. The maximum absolute atomic E-state index is 2.75. The molecule has 0 aromatic carbocycles. The Hall–Kier alpha value is -0.0400. The van der Waals surface area contributed by atoms with Gasteiger partial charge in [-0.15, -0.1) is 0 Å². The molecule has 1 aliphatic carbocycles. The monoisotopic (exact) mass is 167 g/mol. The molecule has 2 saturated heterocycles. The third kappa shape index (κ3) is 1.28. The smallest absolute Gasteiger partial charge is 0.0130 e. The summed E-state index contributed by atoms with van der Waals surface area (Å²) in [6.07, 6.45) is 7.32. The van der Waals surface area contributed by atoms with Crippen LogP contribution in [0.1, 0.15) is 52.9 Å². The highest BCUT2D eigenvalue weighted by Crippen LogP contribution is 2.41. The third-order valence-electron chi connectivity index (χ3n) is 3.43. The second-order valence-electron chi connectivity index (χ2n) is 5.41. The molecule has 2 unspecified atom stereocenters. The van der Waals surface area contributed by atoms with E-state index in [0.29, 0.717) is 5.54 Å². The molecule has 3 rings (SSSR count). The van der Waals surface area contributed by atoms with E-state index < -0.39 is 0 Å². The lowest BCUT2D eigenvalue weighted by molar-refractivity contribution is -0.0548. The van der Waals surface area contributed by atoms with Crippen LogP contribution in [0.3, 0.4) is 0 Å². The van der Waals surface area contributed by atoms with Crippen LogP contribution >= 0.6 is 0 Å². The molecule has 2 heterocycles. The first-order chi connectivity index (χ1) is 5.59. The van der Waals surface area contributed by atoms with E-state index in [2.05, 4.69) is 25.7 Å². The molecule has 12 heavy (non-hydrogen) atoms.